The number of thioether (sulfide) groups is 1. The lowest BCUT2D eigenvalue weighted by Gasteiger charge is -2.13. The van der Waals surface area contributed by atoms with Crippen LogP contribution in [0.4, 0.5) is 13.2 Å². The highest BCUT2D eigenvalue weighted by molar-refractivity contribution is 9.10. The maximum absolute atomic E-state index is 12.9. The van der Waals surface area contributed by atoms with Crippen LogP contribution in [0, 0.1) is 0 Å². The summed E-state index contributed by atoms with van der Waals surface area (Å²) in [6.45, 7) is 2.19. The van der Waals surface area contributed by atoms with Crippen molar-refractivity contribution >= 4 is 50.2 Å². The number of halogens is 5. The molecule has 0 N–H and O–H groups in total. The van der Waals surface area contributed by atoms with Gasteiger partial charge in [0.1, 0.15) is 5.75 Å². The number of alkyl halides is 3. The smallest absolute Gasteiger partial charge is 0.406 e. The van der Waals surface area contributed by atoms with Crippen LogP contribution in [0.3, 0.4) is 0 Å². The molecule has 0 radical (unpaired) electrons. The van der Waals surface area contributed by atoms with Crippen LogP contribution in [0.2, 0.25) is 5.02 Å². The van der Waals surface area contributed by atoms with Crippen LogP contribution in [0.1, 0.15) is 12.5 Å². The van der Waals surface area contributed by atoms with Crippen LogP contribution in [0.25, 0.3) is 10.9 Å². The SMILES string of the molecule is CCSc1ccc(Cl)cc1Cn1cnc2c(Br)cc(OC(F)(F)F)cc2c1=O. The molecule has 0 atom stereocenters. The first-order valence-electron chi connectivity index (χ1n) is 8.03. The zero-order chi connectivity index (χ0) is 20.5. The van der Waals surface area contributed by atoms with Gasteiger partial charge in [-0.1, -0.05) is 18.5 Å². The van der Waals surface area contributed by atoms with Crippen molar-refractivity contribution in [2.75, 3.05) is 5.75 Å². The van der Waals surface area contributed by atoms with Gasteiger partial charge in [-0.2, -0.15) is 0 Å². The van der Waals surface area contributed by atoms with Gasteiger partial charge in [0.25, 0.3) is 5.56 Å². The number of ether oxygens (including phenoxy) is 1. The van der Waals surface area contributed by atoms with E-state index in [1.807, 2.05) is 13.0 Å². The number of aromatic nitrogens is 2. The lowest BCUT2D eigenvalue weighted by atomic mass is 10.2. The van der Waals surface area contributed by atoms with Gasteiger partial charge in [-0.25, -0.2) is 4.98 Å². The van der Waals surface area contributed by atoms with Gasteiger partial charge < -0.3 is 4.74 Å². The van der Waals surface area contributed by atoms with E-state index in [2.05, 4.69) is 25.7 Å². The molecular formula is C18H13BrClF3N2O2S. The molecule has 148 valence electrons. The van der Waals surface area contributed by atoms with E-state index in [1.165, 1.54) is 10.9 Å². The molecule has 0 aliphatic carbocycles. The molecule has 0 spiro atoms. The predicted octanol–water partition coefficient (Wildman–Crippen LogP) is 5.87. The molecule has 0 amide bonds. The molecule has 28 heavy (non-hydrogen) atoms. The van der Waals surface area contributed by atoms with E-state index in [0.717, 1.165) is 28.3 Å². The fraction of sp³-hybridized carbons (Fsp3) is 0.222. The number of hydrogen-bond donors (Lipinski definition) is 0. The molecule has 0 unspecified atom stereocenters. The Balaban J connectivity index is 2.07. The van der Waals surface area contributed by atoms with E-state index in [4.69, 9.17) is 11.6 Å². The number of fused-ring (bicyclic) bond motifs is 1. The lowest BCUT2D eigenvalue weighted by Crippen LogP contribution is -2.22. The van der Waals surface area contributed by atoms with E-state index in [0.29, 0.717) is 5.02 Å². The summed E-state index contributed by atoms with van der Waals surface area (Å²) in [5.41, 5.74) is 0.597. The predicted molar refractivity (Wildman–Crippen MR) is 107 cm³/mol. The average Bonchev–Trinajstić information content (AvgIpc) is 2.59. The first kappa shape index (κ1) is 21.0. The summed E-state index contributed by atoms with van der Waals surface area (Å²) in [4.78, 5) is 18.1. The molecule has 3 rings (SSSR count). The maximum atomic E-state index is 12.9. The zero-order valence-electron chi connectivity index (χ0n) is 14.4. The highest BCUT2D eigenvalue weighted by Gasteiger charge is 2.31. The highest BCUT2D eigenvalue weighted by Crippen LogP contribution is 2.30. The van der Waals surface area contributed by atoms with Crippen LogP contribution in [-0.2, 0) is 6.54 Å². The van der Waals surface area contributed by atoms with Crippen molar-refractivity contribution < 1.29 is 17.9 Å². The molecule has 3 aromatic rings. The summed E-state index contributed by atoms with van der Waals surface area (Å²) in [5, 5.41) is 0.545. The summed E-state index contributed by atoms with van der Waals surface area (Å²) in [5.74, 6) is 0.346. The van der Waals surface area contributed by atoms with Gasteiger partial charge in [0.05, 0.1) is 23.8 Å². The van der Waals surface area contributed by atoms with Crippen LogP contribution >= 0.6 is 39.3 Å². The summed E-state index contributed by atoms with van der Waals surface area (Å²) in [6, 6.07) is 7.56. The third-order valence-corrected chi connectivity index (χ3v) is 5.59. The van der Waals surface area contributed by atoms with E-state index >= 15 is 0 Å². The fourth-order valence-electron chi connectivity index (χ4n) is 2.66. The number of nitrogens with zero attached hydrogens (tertiary/aromatic N) is 2. The van der Waals surface area contributed by atoms with Gasteiger partial charge in [-0.15, -0.1) is 24.9 Å². The Morgan fingerprint density at radius 1 is 1.29 bits per heavy atom. The van der Waals surface area contributed by atoms with Crippen molar-refractivity contribution in [3.8, 4) is 5.75 Å². The molecule has 0 bridgehead atoms. The van der Waals surface area contributed by atoms with E-state index < -0.39 is 17.7 Å². The summed E-state index contributed by atoms with van der Waals surface area (Å²) < 4.78 is 43.1. The Labute approximate surface area is 175 Å². The third-order valence-electron chi connectivity index (χ3n) is 3.75. The normalized spacial score (nSPS) is 11.8. The van der Waals surface area contributed by atoms with E-state index in [9.17, 15) is 18.0 Å². The summed E-state index contributed by atoms with van der Waals surface area (Å²) in [6.07, 6.45) is -3.50. The second kappa shape index (κ2) is 8.34. The molecular weight excluding hydrogens is 481 g/mol. The van der Waals surface area contributed by atoms with Gasteiger partial charge in [0, 0.05) is 14.4 Å². The monoisotopic (exact) mass is 492 g/mol. The maximum Gasteiger partial charge on any atom is 0.573 e. The Morgan fingerprint density at radius 2 is 2.04 bits per heavy atom. The molecule has 4 nitrogen and oxygen atoms in total. The minimum absolute atomic E-state index is 0.0165. The summed E-state index contributed by atoms with van der Waals surface area (Å²) >= 11 is 10.8. The first-order valence-corrected chi connectivity index (χ1v) is 10.2. The molecule has 0 fully saturated rings. The van der Waals surface area contributed by atoms with E-state index in [1.54, 1.807) is 23.9 Å². The van der Waals surface area contributed by atoms with Crippen LogP contribution < -0.4 is 10.3 Å². The van der Waals surface area contributed by atoms with Gasteiger partial charge in [-0.05, 0) is 57.6 Å². The summed E-state index contributed by atoms with van der Waals surface area (Å²) in [7, 11) is 0. The molecule has 0 saturated heterocycles. The first-order chi connectivity index (χ1) is 13.2. The number of benzene rings is 2. The van der Waals surface area contributed by atoms with Crippen molar-refractivity contribution in [3.63, 3.8) is 0 Å². The second-order valence-corrected chi connectivity index (χ2v) is 8.31. The standard InChI is InChI=1S/C18H13BrClF3N2O2S/c1-2-28-15-4-3-11(20)5-10(15)8-25-9-24-16-13(17(25)26)6-12(7-14(16)19)27-18(21,22)23/h3-7,9H,2,8H2,1H3. The van der Waals surface area contributed by atoms with Gasteiger partial charge in [-0.3, -0.25) is 9.36 Å². The molecule has 0 aliphatic rings. The molecule has 1 heterocycles. The van der Waals surface area contributed by atoms with Gasteiger partial charge >= 0.3 is 6.36 Å². The zero-order valence-corrected chi connectivity index (χ0v) is 17.5. The van der Waals surface area contributed by atoms with Crippen molar-refractivity contribution in [1.29, 1.82) is 0 Å². The minimum Gasteiger partial charge on any atom is -0.406 e. The van der Waals surface area contributed by atoms with Gasteiger partial charge in [0.15, 0.2) is 0 Å². The second-order valence-electron chi connectivity index (χ2n) is 5.71. The molecule has 2 aromatic carbocycles. The number of hydrogen-bond acceptors (Lipinski definition) is 4. The largest absolute Gasteiger partial charge is 0.573 e. The fourth-order valence-corrected chi connectivity index (χ4v) is 4.18. The van der Waals surface area contributed by atoms with Crippen LogP contribution in [-0.4, -0.2) is 21.7 Å². The molecule has 0 aliphatic heterocycles. The van der Waals surface area contributed by atoms with Crippen molar-refractivity contribution in [2.24, 2.45) is 0 Å². The highest BCUT2D eigenvalue weighted by atomic mass is 79.9. The van der Waals surface area contributed by atoms with Crippen molar-refractivity contribution in [1.82, 2.24) is 9.55 Å². The van der Waals surface area contributed by atoms with Crippen LogP contribution in [0.15, 0.2) is 50.8 Å². The minimum atomic E-state index is -4.86. The van der Waals surface area contributed by atoms with Crippen molar-refractivity contribution in [3.05, 3.63) is 62.1 Å². The molecule has 1 aromatic heterocycles. The van der Waals surface area contributed by atoms with Gasteiger partial charge in [0.2, 0.25) is 0 Å². The molecule has 10 heteroatoms. The Kier molecular flexibility index (Phi) is 6.26. The Bertz CT molecular complexity index is 1090. The Hall–Kier alpha value is -1.71. The third kappa shape index (κ3) is 4.82. The van der Waals surface area contributed by atoms with Crippen molar-refractivity contribution in [2.45, 2.75) is 24.7 Å². The molecule has 0 saturated carbocycles. The Morgan fingerprint density at radius 3 is 2.71 bits per heavy atom. The lowest BCUT2D eigenvalue weighted by molar-refractivity contribution is -0.274. The topological polar surface area (TPSA) is 44.1 Å². The van der Waals surface area contributed by atoms with E-state index in [-0.39, 0.29) is 21.9 Å². The quantitative estimate of drug-likeness (QED) is 0.417. The average molecular weight is 494 g/mol. The van der Waals surface area contributed by atoms with Crippen LogP contribution in [0.5, 0.6) is 5.75 Å². The number of rotatable bonds is 5.